The van der Waals surface area contributed by atoms with Crippen molar-refractivity contribution < 1.29 is 19.3 Å². The van der Waals surface area contributed by atoms with Crippen molar-refractivity contribution in [3.63, 3.8) is 0 Å². The van der Waals surface area contributed by atoms with Crippen LogP contribution >= 0.6 is 0 Å². The lowest BCUT2D eigenvalue weighted by molar-refractivity contribution is -0.912. The summed E-state index contributed by atoms with van der Waals surface area (Å²) in [5, 5.41) is 7.40. The first-order chi connectivity index (χ1) is 11.0. The minimum atomic E-state index is -0.638. The first-order valence-corrected chi connectivity index (χ1v) is 7.72. The highest BCUT2D eigenvalue weighted by Gasteiger charge is 2.32. The molecule has 0 aliphatic rings. The van der Waals surface area contributed by atoms with E-state index in [1.54, 1.807) is 0 Å². The summed E-state index contributed by atoms with van der Waals surface area (Å²) in [6.07, 6.45) is 0. The van der Waals surface area contributed by atoms with Gasteiger partial charge in [0.2, 0.25) is 0 Å². The second-order valence-corrected chi connectivity index (χ2v) is 5.05. The minimum absolute atomic E-state index is 0.127. The number of imide groups is 1. The molecule has 0 saturated carbocycles. The topological polar surface area (TPSA) is 91.7 Å². The highest BCUT2D eigenvalue weighted by Crippen LogP contribution is 2.09. The van der Waals surface area contributed by atoms with Gasteiger partial charge in [0.05, 0.1) is 6.54 Å². The van der Waals surface area contributed by atoms with Gasteiger partial charge in [-0.05, 0) is 13.8 Å². The van der Waals surface area contributed by atoms with Crippen LogP contribution in [0.2, 0.25) is 0 Å². The number of nitrogens with one attached hydrogen (secondary N) is 4. The number of hydrogen-bond acceptors (Lipinski definition) is 3. The zero-order chi connectivity index (χ0) is 17.2. The number of quaternary nitrogens is 1. The maximum absolute atomic E-state index is 12.5. The van der Waals surface area contributed by atoms with E-state index in [2.05, 4.69) is 16.0 Å². The number of hydrogen-bond donors (Lipinski definition) is 4. The molecule has 0 saturated heterocycles. The average molecular weight is 321 g/mol. The van der Waals surface area contributed by atoms with Crippen molar-refractivity contribution in [2.45, 2.75) is 19.9 Å². The minimum Gasteiger partial charge on any atom is -0.351 e. The van der Waals surface area contributed by atoms with Crippen molar-refractivity contribution in [2.24, 2.45) is 0 Å². The van der Waals surface area contributed by atoms with Gasteiger partial charge in [0.15, 0.2) is 12.6 Å². The summed E-state index contributed by atoms with van der Waals surface area (Å²) in [4.78, 5) is 36.7. The Kier molecular flexibility index (Phi) is 7.76. The Morgan fingerprint density at radius 3 is 2.30 bits per heavy atom. The second-order valence-electron chi connectivity index (χ2n) is 5.05. The highest BCUT2D eigenvalue weighted by molar-refractivity contribution is 5.96. The van der Waals surface area contributed by atoms with Gasteiger partial charge < -0.3 is 15.5 Å². The largest absolute Gasteiger partial charge is 0.351 e. The van der Waals surface area contributed by atoms with Gasteiger partial charge in [-0.2, -0.15) is 0 Å². The van der Waals surface area contributed by atoms with E-state index in [0.29, 0.717) is 13.1 Å². The standard InChI is InChI=1S/C16H24N4O3/c1-4-18-13(21)11-20(5-2)14(12-9-7-6-8-10-12)15(22)19-16(23)17-3/h6-10,14H,4-5,11H2,1-3H3,(H,18,21)(H2,17,19,22,23)/p+1/t14-/m0/s1. The highest BCUT2D eigenvalue weighted by atomic mass is 16.2. The van der Waals surface area contributed by atoms with Crippen LogP contribution in [0.15, 0.2) is 30.3 Å². The number of urea groups is 1. The zero-order valence-electron chi connectivity index (χ0n) is 13.8. The Balaban J connectivity index is 3.03. The van der Waals surface area contributed by atoms with Gasteiger partial charge in [-0.25, -0.2) is 4.79 Å². The summed E-state index contributed by atoms with van der Waals surface area (Å²) >= 11 is 0. The van der Waals surface area contributed by atoms with Crippen LogP contribution in [0.3, 0.4) is 0 Å². The van der Waals surface area contributed by atoms with Crippen molar-refractivity contribution in [1.29, 1.82) is 0 Å². The molecular formula is C16H25N4O3+. The van der Waals surface area contributed by atoms with Crippen LogP contribution in [0, 0.1) is 0 Å². The molecule has 0 aromatic heterocycles. The van der Waals surface area contributed by atoms with E-state index in [1.165, 1.54) is 7.05 Å². The van der Waals surface area contributed by atoms with E-state index in [0.717, 1.165) is 10.5 Å². The third-order valence-electron chi connectivity index (χ3n) is 3.48. The number of benzene rings is 1. The fraction of sp³-hybridized carbons (Fsp3) is 0.438. The molecule has 1 rings (SSSR count). The van der Waals surface area contributed by atoms with Gasteiger partial charge in [0.1, 0.15) is 0 Å². The lowest BCUT2D eigenvalue weighted by atomic mass is 10.0. The smallest absolute Gasteiger partial charge is 0.321 e. The number of likely N-dealkylation sites (N-methyl/N-ethyl adjacent to an activating group) is 2. The van der Waals surface area contributed by atoms with Gasteiger partial charge in [-0.1, -0.05) is 30.3 Å². The van der Waals surface area contributed by atoms with Crippen LogP contribution in [-0.2, 0) is 9.59 Å². The number of amides is 4. The zero-order valence-corrected chi connectivity index (χ0v) is 13.8. The molecular weight excluding hydrogens is 296 g/mol. The summed E-state index contributed by atoms with van der Waals surface area (Å²) in [6, 6.07) is 7.95. The third-order valence-corrected chi connectivity index (χ3v) is 3.48. The molecule has 0 spiro atoms. The molecule has 4 N–H and O–H groups in total. The number of carbonyl (C=O) groups excluding carboxylic acids is 3. The van der Waals surface area contributed by atoms with Gasteiger partial charge in [-0.3, -0.25) is 14.9 Å². The molecule has 1 aromatic rings. The molecule has 23 heavy (non-hydrogen) atoms. The van der Waals surface area contributed by atoms with Gasteiger partial charge >= 0.3 is 6.03 Å². The molecule has 126 valence electrons. The van der Waals surface area contributed by atoms with Crippen LogP contribution in [-0.4, -0.2) is 44.5 Å². The van der Waals surface area contributed by atoms with Crippen molar-refractivity contribution in [1.82, 2.24) is 16.0 Å². The van der Waals surface area contributed by atoms with Crippen LogP contribution in [0.1, 0.15) is 25.5 Å². The predicted molar refractivity (Wildman–Crippen MR) is 86.8 cm³/mol. The summed E-state index contributed by atoms with van der Waals surface area (Å²) in [7, 11) is 1.44. The van der Waals surface area contributed by atoms with Crippen LogP contribution in [0.4, 0.5) is 4.79 Å². The molecule has 0 fully saturated rings. The monoisotopic (exact) mass is 321 g/mol. The summed E-state index contributed by atoms with van der Waals surface area (Å²) in [6.45, 7) is 5.01. The van der Waals surface area contributed by atoms with E-state index in [-0.39, 0.29) is 12.5 Å². The lowest BCUT2D eigenvalue weighted by Crippen LogP contribution is -3.14. The Labute approximate surface area is 136 Å². The maximum atomic E-state index is 12.5. The number of carbonyl (C=O) groups is 3. The van der Waals surface area contributed by atoms with E-state index < -0.39 is 18.0 Å². The molecule has 0 radical (unpaired) electrons. The normalized spacial score (nSPS) is 12.8. The molecule has 7 heteroatoms. The van der Waals surface area contributed by atoms with Crippen LogP contribution in [0.25, 0.3) is 0 Å². The first kappa shape index (κ1) is 18.6. The van der Waals surface area contributed by atoms with Crippen molar-refractivity contribution in [2.75, 3.05) is 26.7 Å². The average Bonchev–Trinajstić information content (AvgIpc) is 2.55. The summed E-state index contributed by atoms with van der Waals surface area (Å²) in [5.41, 5.74) is 0.759. The maximum Gasteiger partial charge on any atom is 0.321 e. The van der Waals surface area contributed by atoms with Gasteiger partial charge in [0, 0.05) is 19.2 Å². The first-order valence-electron chi connectivity index (χ1n) is 7.72. The molecule has 1 unspecified atom stereocenters. The Morgan fingerprint density at radius 1 is 1.13 bits per heavy atom. The van der Waals surface area contributed by atoms with E-state index in [4.69, 9.17) is 0 Å². The lowest BCUT2D eigenvalue weighted by Gasteiger charge is -2.26. The van der Waals surface area contributed by atoms with Gasteiger partial charge in [-0.15, -0.1) is 0 Å². The second kappa shape index (κ2) is 9.58. The molecule has 0 aliphatic carbocycles. The van der Waals surface area contributed by atoms with E-state index in [9.17, 15) is 14.4 Å². The fourth-order valence-electron chi connectivity index (χ4n) is 2.36. The molecule has 0 heterocycles. The SMILES string of the molecule is CCNC(=O)C[NH+](CC)[C@H](C(=O)NC(=O)NC)c1ccccc1. The van der Waals surface area contributed by atoms with Crippen molar-refractivity contribution >= 4 is 17.8 Å². The van der Waals surface area contributed by atoms with Crippen LogP contribution in [0.5, 0.6) is 0 Å². The van der Waals surface area contributed by atoms with E-state index >= 15 is 0 Å². The van der Waals surface area contributed by atoms with E-state index in [1.807, 2.05) is 44.2 Å². The molecule has 0 aliphatic heterocycles. The quantitative estimate of drug-likeness (QED) is 0.531. The summed E-state index contributed by atoms with van der Waals surface area (Å²) < 4.78 is 0. The molecule has 0 bridgehead atoms. The summed E-state index contributed by atoms with van der Waals surface area (Å²) in [5.74, 6) is -0.560. The van der Waals surface area contributed by atoms with Crippen molar-refractivity contribution in [3.8, 4) is 0 Å². The molecule has 1 aromatic carbocycles. The Hall–Kier alpha value is -2.41. The predicted octanol–water partition coefficient (Wildman–Crippen LogP) is -0.776. The molecule has 2 atom stereocenters. The van der Waals surface area contributed by atoms with Crippen LogP contribution < -0.4 is 20.9 Å². The number of rotatable bonds is 7. The molecule has 4 amide bonds. The third kappa shape index (κ3) is 5.71. The van der Waals surface area contributed by atoms with Crippen molar-refractivity contribution in [3.05, 3.63) is 35.9 Å². The van der Waals surface area contributed by atoms with Gasteiger partial charge in [0.25, 0.3) is 11.8 Å². The fourth-order valence-corrected chi connectivity index (χ4v) is 2.36. The Morgan fingerprint density at radius 2 is 1.78 bits per heavy atom. The molecule has 7 nitrogen and oxygen atoms in total. The Bertz CT molecular complexity index is 533.